The van der Waals surface area contributed by atoms with Crippen molar-refractivity contribution in [1.82, 2.24) is 9.80 Å². The van der Waals surface area contributed by atoms with Crippen LogP contribution in [0, 0.1) is 5.92 Å². The smallest absolute Gasteiger partial charge is 0.225 e. The molecule has 1 saturated carbocycles. The molecule has 0 spiro atoms. The highest BCUT2D eigenvalue weighted by atomic mass is 16.2. The van der Waals surface area contributed by atoms with Crippen molar-refractivity contribution in [2.45, 2.75) is 45.4 Å². The van der Waals surface area contributed by atoms with Gasteiger partial charge in [-0.2, -0.15) is 0 Å². The van der Waals surface area contributed by atoms with Crippen LogP contribution in [0.15, 0.2) is 24.3 Å². The first-order valence-corrected chi connectivity index (χ1v) is 9.80. The Balaban J connectivity index is 1.46. The monoisotopic (exact) mass is 342 g/mol. The number of nitrogens with zero attached hydrogens (tertiary/aromatic N) is 2. The molecule has 4 nitrogen and oxygen atoms in total. The van der Waals surface area contributed by atoms with Crippen LogP contribution < -0.4 is 0 Å². The van der Waals surface area contributed by atoms with E-state index < -0.39 is 0 Å². The minimum absolute atomic E-state index is 0.176. The van der Waals surface area contributed by atoms with Crippen molar-refractivity contribution in [1.29, 1.82) is 0 Å². The number of Topliss-reactive ketones (excluding diaryl/α,β-unsaturated/α-hetero) is 1. The fourth-order valence-corrected chi connectivity index (χ4v) is 3.95. The molecule has 136 valence electrons. The van der Waals surface area contributed by atoms with E-state index in [0.29, 0.717) is 12.5 Å². The van der Waals surface area contributed by atoms with Gasteiger partial charge in [0.15, 0.2) is 5.78 Å². The number of rotatable bonds is 5. The van der Waals surface area contributed by atoms with Crippen LogP contribution in [0.1, 0.15) is 54.9 Å². The molecular formula is C21H30N2O2. The lowest BCUT2D eigenvalue weighted by atomic mass is 9.88. The number of carbonyl (C=O) groups is 2. The molecule has 1 saturated heterocycles. The summed E-state index contributed by atoms with van der Waals surface area (Å²) in [7, 11) is 0. The number of aryl methyl sites for hydroxylation is 1. The lowest BCUT2D eigenvalue weighted by Crippen LogP contribution is -2.51. The molecule has 2 aliphatic rings. The van der Waals surface area contributed by atoms with E-state index in [1.807, 2.05) is 29.2 Å². The number of carbonyl (C=O) groups excluding carboxylic acids is 2. The highest BCUT2D eigenvalue weighted by molar-refractivity contribution is 5.97. The van der Waals surface area contributed by atoms with Crippen molar-refractivity contribution in [3.05, 3.63) is 35.4 Å². The number of amides is 1. The summed E-state index contributed by atoms with van der Waals surface area (Å²) < 4.78 is 0. The number of ketones is 1. The van der Waals surface area contributed by atoms with Gasteiger partial charge in [0.25, 0.3) is 0 Å². The van der Waals surface area contributed by atoms with E-state index in [-0.39, 0.29) is 11.7 Å². The number of hydrogen-bond acceptors (Lipinski definition) is 3. The molecule has 1 aliphatic carbocycles. The molecule has 0 atom stereocenters. The van der Waals surface area contributed by atoms with Crippen LogP contribution in [0.3, 0.4) is 0 Å². The van der Waals surface area contributed by atoms with E-state index in [1.54, 1.807) is 0 Å². The van der Waals surface area contributed by atoms with Crippen LogP contribution >= 0.6 is 0 Å². The summed E-state index contributed by atoms with van der Waals surface area (Å²) in [5.74, 6) is 0.773. The van der Waals surface area contributed by atoms with Crippen LogP contribution in [0.5, 0.6) is 0 Å². The topological polar surface area (TPSA) is 40.6 Å². The van der Waals surface area contributed by atoms with Crippen LogP contribution in [-0.4, -0.2) is 54.2 Å². The van der Waals surface area contributed by atoms with Crippen molar-refractivity contribution in [2.75, 3.05) is 32.7 Å². The van der Waals surface area contributed by atoms with Crippen molar-refractivity contribution in [2.24, 2.45) is 5.92 Å². The fourth-order valence-electron chi connectivity index (χ4n) is 3.95. The molecule has 1 amide bonds. The minimum Gasteiger partial charge on any atom is -0.340 e. The van der Waals surface area contributed by atoms with Crippen molar-refractivity contribution in [3.8, 4) is 0 Å². The number of benzene rings is 1. The number of piperazine rings is 1. The maximum absolute atomic E-state index is 12.6. The van der Waals surface area contributed by atoms with Crippen LogP contribution in [-0.2, 0) is 11.2 Å². The predicted octanol–water partition coefficient (Wildman–Crippen LogP) is 3.16. The van der Waals surface area contributed by atoms with Gasteiger partial charge in [0.2, 0.25) is 5.91 Å². The zero-order valence-electron chi connectivity index (χ0n) is 15.4. The van der Waals surface area contributed by atoms with Gasteiger partial charge >= 0.3 is 0 Å². The normalized spacial score (nSPS) is 19.8. The lowest BCUT2D eigenvalue weighted by molar-refractivity contribution is -0.138. The molecule has 0 radical (unpaired) electrons. The first-order valence-electron chi connectivity index (χ1n) is 9.80. The van der Waals surface area contributed by atoms with Gasteiger partial charge in [-0.25, -0.2) is 0 Å². The molecular weight excluding hydrogens is 312 g/mol. The molecule has 0 aromatic heterocycles. The third-order valence-corrected chi connectivity index (χ3v) is 5.69. The molecule has 1 aliphatic heterocycles. The third kappa shape index (κ3) is 4.69. The Labute approximate surface area is 151 Å². The maximum atomic E-state index is 12.6. The van der Waals surface area contributed by atoms with Crippen molar-refractivity contribution < 1.29 is 9.59 Å². The van der Waals surface area contributed by atoms with Crippen LogP contribution in [0.2, 0.25) is 0 Å². The van der Waals surface area contributed by atoms with Crippen molar-refractivity contribution in [3.63, 3.8) is 0 Å². The van der Waals surface area contributed by atoms with Crippen LogP contribution in [0.4, 0.5) is 0 Å². The Morgan fingerprint density at radius 3 is 2.20 bits per heavy atom. The van der Waals surface area contributed by atoms with Gasteiger partial charge in [0, 0.05) is 37.7 Å². The summed E-state index contributed by atoms with van der Waals surface area (Å²) in [5.41, 5.74) is 2.05. The Bertz CT molecular complexity index is 582. The molecule has 1 heterocycles. The van der Waals surface area contributed by atoms with Gasteiger partial charge in [-0.1, -0.05) is 50.5 Å². The summed E-state index contributed by atoms with van der Waals surface area (Å²) in [6.07, 6.45) is 6.78. The summed E-state index contributed by atoms with van der Waals surface area (Å²) >= 11 is 0. The molecule has 3 rings (SSSR count). The van der Waals surface area contributed by atoms with E-state index in [9.17, 15) is 9.59 Å². The molecule has 2 fully saturated rings. The summed E-state index contributed by atoms with van der Waals surface area (Å²) in [6.45, 7) is 5.70. The molecule has 0 bridgehead atoms. The highest BCUT2D eigenvalue weighted by Crippen LogP contribution is 2.25. The Kier molecular flexibility index (Phi) is 6.24. The average molecular weight is 342 g/mol. The quantitative estimate of drug-likeness (QED) is 0.772. The standard InChI is InChI=1S/C21H30N2O2/c1-2-17-8-10-18(11-9-17)20(24)16-22-12-14-23(15-13-22)21(25)19-6-4-3-5-7-19/h8-11,19H,2-7,12-16H2,1H3. The Morgan fingerprint density at radius 2 is 1.60 bits per heavy atom. The summed E-state index contributed by atoms with van der Waals surface area (Å²) in [5, 5.41) is 0. The van der Waals surface area contributed by atoms with Gasteiger partial charge in [-0.15, -0.1) is 0 Å². The van der Waals surface area contributed by atoms with Crippen LogP contribution in [0.25, 0.3) is 0 Å². The zero-order valence-corrected chi connectivity index (χ0v) is 15.4. The molecule has 1 aromatic carbocycles. The second-order valence-corrected chi connectivity index (χ2v) is 7.41. The molecule has 4 heteroatoms. The predicted molar refractivity (Wildman–Crippen MR) is 99.7 cm³/mol. The second-order valence-electron chi connectivity index (χ2n) is 7.41. The average Bonchev–Trinajstić information content (AvgIpc) is 2.68. The highest BCUT2D eigenvalue weighted by Gasteiger charge is 2.28. The first-order chi connectivity index (χ1) is 12.2. The third-order valence-electron chi connectivity index (χ3n) is 5.69. The Morgan fingerprint density at radius 1 is 0.960 bits per heavy atom. The molecule has 0 N–H and O–H groups in total. The molecule has 25 heavy (non-hydrogen) atoms. The second kappa shape index (κ2) is 8.61. The first kappa shape index (κ1) is 18.1. The van der Waals surface area contributed by atoms with Gasteiger partial charge in [-0.05, 0) is 24.8 Å². The summed E-state index contributed by atoms with van der Waals surface area (Å²) in [6, 6.07) is 7.94. The van der Waals surface area contributed by atoms with Gasteiger partial charge in [0.1, 0.15) is 0 Å². The number of hydrogen-bond donors (Lipinski definition) is 0. The van der Waals surface area contributed by atoms with Crippen molar-refractivity contribution >= 4 is 11.7 Å². The van der Waals surface area contributed by atoms with Gasteiger partial charge < -0.3 is 4.90 Å². The fraction of sp³-hybridized carbons (Fsp3) is 0.619. The van der Waals surface area contributed by atoms with E-state index in [1.165, 1.54) is 24.8 Å². The van der Waals surface area contributed by atoms with E-state index in [4.69, 9.17) is 0 Å². The minimum atomic E-state index is 0.176. The lowest BCUT2D eigenvalue weighted by Gasteiger charge is -2.36. The molecule has 0 unspecified atom stereocenters. The zero-order chi connectivity index (χ0) is 17.6. The van der Waals surface area contributed by atoms with Gasteiger partial charge in [0.05, 0.1) is 6.54 Å². The van der Waals surface area contributed by atoms with E-state index in [2.05, 4.69) is 11.8 Å². The largest absolute Gasteiger partial charge is 0.340 e. The summed E-state index contributed by atoms with van der Waals surface area (Å²) in [4.78, 5) is 29.3. The maximum Gasteiger partial charge on any atom is 0.225 e. The van der Waals surface area contributed by atoms with Gasteiger partial charge in [-0.3, -0.25) is 14.5 Å². The van der Waals surface area contributed by atoms with E-state index in [0.717, 1.165) is 51.0 Å². The Hall–Kier alpha value is -1.68. The van der Waals surface area contributed by atoms with E-state index >= 15 is 0 Å². The SMILES string of the molecule is CCc1ccc(C(=O)CN2CCN(C(=O)C3CCCCC3)CC2)cc1. The molecule has 1 aromatic rings.